The van der Waals surface area contributed by atoms with E-state index >= 15 is 0 Å². The number of anilines is 1. The molecule has 0 radical (unpaired) electrons. The largest absolute Gasteiger partial charge is 0.462 e. The van der Waals surface area contributed by atoms with Crippen LogP contribution in [0.3, 0.4) is 0 Å². The third-order valence-corrected chi connectivity index (χ3v) is 8.57. The molecule has 2 aromatic rings. The molecule has 0 spiro atoms. The molecule has 3 aliphatic rings. The number of nitrogens with zero attached hydrogens (tertiary/aromatic N) is 2. The first kappa shape index (κ1) is 25.0. The van der Waals surface area contributed by atoms with Gasteiger partial charge in [0.15, 0.2) is 11.5 Å². The second-order valence-electron chi connectivity index (χ2n) is 9.94. The van der Waals surface area contributed by atoms with Gasteiger partial charge >= 0.3 is 5.97 Å². The Morgan fingerprint density at radius 1 is 1.19 bits per heavy atom. The van der Waals surface area contributed by atoms with Gasteiger partial charge in [0.25, 0.3) is 0 Å². The number of hydrogen-bond donors (Lipinski definition) is 1. The Morgan fingerprint density at radius 3 is 2.75 bits per heavy atom. The van der Waals surface area contributed by atoms with E-state index in [4.69, 9.17) is 14.2 Å². The minimum absolute atomic E-state index is 0.0728. The van der Waals surface area contributed by atoms with Crippen LogP contribution in [0.15, 0.2) is 18.2 Å². The summed E-state index contributed by atoms with van der Waals surface area (Å²) in [5.74, 6) is 1.79. The van der Waals surface area contributed by atoms with Gasteiger partial charge in [-0.2, -0.15) is 0 Å². The maximum atomic E-state index is 13.3. The van der Waals surface area contributed by atoms with Crippen LogP contribution < -0.4 is 14.8 Å². The molecule has 194 valence electrons. The lowest BCUT2D eigenvalue weighted by molar-refractivity contribution is -0.121. The van der Waals surface area contributed by atoms with Gasteiger partial charge in [-0.3, -0.25) is 14.6 Å². The van der Waals surface area contributed by atoms with Crippen molar-refractivity contribution in [2.24, 2.45) is 5.92 Å². The van der Waals surface area contributed by atoms with Crippen molar-refractivity contribution in [2.75, 3.05) is 44.9 Å². The van der Waals surface area contributed by atoms with Crippen molar-refractivity contribution in [3.63, 3.8) is 0 Å². The van der Waals surface area contributed by atoms with Crippen molar-refractivity contribution in [3.8, 4) is 11.5 Å². The number of amides is 1. The quantitative estimate of drug-likeness (QED) is 0.562. The molecule has 5 rings (SSSR count). The molecular formula is C27H35N3O5S. The zero-order valence-electron chi connectivity index (χ0n) is 21.3. The highest BCUT2D eigenvalue weighted by molar-refractivity contribution is 7.17. The number of hydrogen-bond acceptors (Lipinski definition) is 8. The average Bonchev–Trinajstić information content (AvgIpc) is 3.47. The maximum Gasteiger partial charge on any atom is 0.341 e. The van der Waals surface area contributed by atoms with Gasteiger partial charge in [0.1, 0.15) is 5.00 Å². The Labute approximate surface area is 216 Å². The van der Waals surface area contributed by atoms with E-state index in [1.54, 1.807) is 11.3 Å². The van der Waals surface area contributed by atoms with Gasteiger partial charge in [0, 0.05) is 37.6 Å². The minimum atomic E-state index is -0.329. The molecule has 2 unspecified atom stereocenters. The lowest BCUT2D eigenvalue weighted by atomic mass is 9.88. The fourth-order valence-corrected chi connectivity index (χ4v) is 6.65. The summed E-state index contributed by atoms with van der Waals surface area (Å²) in [5, 5.41) is 3.74. The van der Waals surface area contributed by atoms with E-state index in [1.807, 2.05) is 26.0 Å². The topological polar surface area (TPSA) is 80.3 Å². The number of carbonyl (C=O) groups excluding carboxylic acids is 2. The SMILES string of the molecule is CCOC(=O)c1c(NC(=O)C(C)N2CCN(Cc3ccc4c(c3)OCO4)CC2)sc2c1CCC(C)C2. The zero-order chi connectivity index (χ0) is 25.2. The lowest BCUT2D eigenvalue weighted by Gasteiger charge is -2.37. The number of fused-ring (bicyclic) bond motifs is 2. The molecule has 0 saturated carbocycles. The Bertz CT molecular complexity index is 1120. The zero-order valence-corrected chi connectivity index (χ0v) is 22.1. The van der Waals surface area contributed by atoms with E-state index in [-0.39, 0.29) is 24.7 Å². The van der Waals surface area contributed by atoms with Crippen LogP contribution in [0, 0.1) is 5.92 Å². The molecule has 1 amide bonds. The van der Waals surface area contributed by atoms with Crippen molar-refractivity contribution >= 4 is 28.2 Å². The Kier molecular flexibility index (Phi) is 7.50. The number of rotatable bonds is 7. The predicted molar refractivity (Wildman–Crippen MR) is 139 cm³/mol. The van der Waals surface area contributed by atoms with Gasteiger partial charge in [-0.25, -0.2) is 4.79 Å². The Balaban J connectivity index is 1.20. The minimum Gasteiger partial charge on any atom is -0.462 e. The number of thiophene rings is 1. The lowest BCUT2D eigenvalue weighted by Crippen LogP contribution is -2.52. The first-order valence-corrected chi connectivity index (χ1v) is 13.7. The molecule has 2 atom stereocenters. The molecule has 3 heterocycles. The highest BCUT2D eigenvalue weighted by atomic mass is 32.1. The van der Waals surface area contributed by atoms with Gasteiger partial charge in [0.05, 0.1) is 18.2 Å². The van der Waals surface area contributed by atoms with Crippen molar-refractivity contribution in [3.05, 3.63) is 39.8 Å². The van der Waals surface area contributed by atoms with Crippen LogP contribution in [0.1, 0.15) is 53.6 Å². The van der Waals surface area contributed by atoms with Crippen LogP contribution >= 0.6 is 11.3 Å². The Morgan fingerprint density at radius 2 is 1.97 bits per heavy atom. The van der Waals surface area contributed by atoms with Gasteiger partial charge in [-0.15, -0.1) is 11.3 Å². The molecule has 36 heavy (non-hydrogen) atoms. The molecule has 8 nitrogen and oxygen atoms in total. The maximum absolute atomic E-state index is 13.3. The number of piperazine rings is 1. The van der Waals surface area contributed by atoms with E-state index in [9.17, 15) is 9.59 Å². The average molecular weight is 514 g/mol. The van der Waals surface area contributed by atoms with Crippen LogP contribution in [0.25, 0.3) is 0 Å². The fraction of sp³-hybridized carbons (Fsp3) is 0.556. The van der Waals surface area contributed by atoms with Crippen molar-refractivity contribution < 1.29 is 23.8 Å². The highest BCUT2D eigenvalue weighted by Gasteiger charge is 2.31. The van der Waals surface area contributed by atoms with Crippen LogP contribution in [0.2, 0.25) is 0 Å². The van der Waals surface area contributed by atoms with Crippen LogP contribution in [0.5, 0.6) is 11.5 Å². The molecule has 1 aromatic heterocycles. The number of nitrogens with one attached hydrogen (secondary N) is 1. The third kappa shape index (κ3) is 5.23. The summed E-state index contributed by atoms with van der Waals surface area (Å²) in [5.41, 5.74) is 2.83. The smallest absolute Gasteiger partial charge is 0.341 e. The van der Waals surface area contributed by atoms with E-state index in [0.717, 1.165) is 69.0 Å². The van der Waals surface area contributed by atoms with E-state index in [1.165, 1.54) is 10.4 Å². The molecular weight excluding hydrogens is 478 g/mol. The molecule has 1 aliphatic carbocycles. The molecule has 0 bridgehead atoms. The normalized spacial score (nSPS) is 20.6. The summed E-state index contributed by atoms with van der Waals surface area (Å²) in [4.78, 5) is 31.9. The van der Waals surface area contributed by atoms with Gasteiger partial charge in [0.2, 0.25) is 12.7 Å². The van der Waals surface area contributed by atoms with E-state index in [0.29, 0.717) is 23.1 Å². The first-order valence-electron chi connectivity index (χ1n) is 12.9. The summed E-state index contributed by atoms with van der Waals surface area (Å²) in [6.45, 7) is 10.8. The summed E-state index contributed by atoms with van der Waals surface area (Å²) >= 11 is 1.54. The highest BCUT2D eigenvalue weighted by Crippen LogP contribution is 2.40. The Hall–Kier alpha value is -2.62. The van der Waals surface area contributed by atoms with Crippen molar-refractivity contribution in [1.29, 1.82) is 0 Å². The molecule has 1 fully saturated rings. The number of ether oxygens (including phenoxy) is 3. The van der Waals surface area contributed by atoms with Gasteiger partial charge in [-0.05, 0) is 62.3 Å². The number of benzene rings is 1. The predicted octanol–water partition coefficient (Wildman–Crippen LogP) is 3.92. The number of carbonyl (C=O) groups is 2. The third-order valence-electron chi connectivity index (χ3n) is 7.41. The molecule has 9 heteroatoms. The van der Waals surface area contributed by atoms with Gasteiger partial charge in [-0.1, -0.05) is 13.0 Å². The van der Waals surface area contributed by atoms with E-state index in [2.05, 4.69) is 28.1 Å². The fourth-order valence-electron chi connectivity index (χ4n) is 5.25. The van der Waals surface area contributed by atoms with E-state index < -0.39 is 0 Å². The van der Waals surface area contributed by atoms with Crippen molar-refractivity contribution in [1.82, 2.24) is 9.80 Å². The standard InChI is InChI=1S/C27H35N3O5S/c1-4-33-27(32)24-20-7-5-17(2)13-23(20)36-26(24)28-25(31)18(3)30-11-9-29(10-12-30)15-19-6-8-21-22(14-19)35-16-34-21/h6,8,14,17-18H,4-5,7,9-13,15-16H2,1-3H3,(H,28,31). The van der Waals surface area contributed by atoms with Gasteiger partial charge < -0.3 is 19.5 Å². The van der Waals surface area contributed by atoms with Crippen LogP contribution in [0.4, 0.5) is 5.00 Å². The second kappa shape index (κ2) is 10.8. The summed E-state index contributed by atoms with van der Waals surface area (Å²) in [6.07, 6.45) is 2.86. The van der Waals surface area contributed by atoms with Crippen LogP contribution in [-0.4, -0.2) is 67.3 Å². The molecule has 1 saturated heterocycles. The summed E-state index contributed by atoms with van der Waals surface area (Å²) in [7, 11) is 0. The summed E-state index contributed by atoms with van der Waals surface area (Å²) < 4.78 is 16.3. The molecule has 1 N–H and O–H groups in total. The monoisotopic (exact) mass is 513 g/mol. The molecule has 2 aliphatic heterocycles. The summed E-state index contributed by atoms with van der Waals surface area (Å²) in [6, 6.07) is 5.81. The number of esters is 1. The second-order valence-corrected chi connectivity index (χ2v) is 11.0. The van der Waals surface area contributed by atoms with Crippen molar-refractivity contribution in [2.45, 2.75) is 52.6 Å². The van der Waals surface area contributed by atoms with Crippen LogP contribution in [-0.2, 0) is 28.9 Å². The molecule has 1 aromatic carbocycles. The first-order chi connectivity index (χ1) is 17.4.